The minimum atomic E-state index is -1.26. The monoisotopic (exact) mass is 275 g/mol. The molecule has 0 aliphatic heterocycles. The Morgan fingerprint density at radius 3 is 2.75 bits per heavy atom. The van der Waals surface area contributed by atoms with Gasteiger partial charge in [-0.15, -0.1) is 0 Å². The van der Waals surface area contributed by atoms with Crippen molar-refractivity contribution in [3.8, 4) is 6.07 Å². The van der Waals surface area contributed by atoms with E-state index in [1.54, 1.807) is 29.6 Å². The van der Waals surface area contributed by atoms with E-state index < -0.39 is 17.9 Å². The van der Waals surface area contributed by atoms with Gasteiger partial charge in [0, 0.05) is 0 Å². The largest absolute Gasteiger partial charge is 0.544 e. The lowest BCUT2D eigenvalue weighted by atomic mass is 10.1. The lowest BCUT2D eigenvalue weighted by Crippen LogP contribution is -2.93. The van der Waals surface area contributed by atoms with Crippen molar-refractivity contribution < 1.29 is 20.0 Å². The van der Waals surface area contributed by atoms with Gasteiger partial charge in [0.05, 0.1) is 30.2 Å². The number of nitrogens with two attached hydrogens (primary N) is 1. The average Bonchev–Trinajstić information content (AvgIpc) is 2.43. The molecule has 0 spiro atoms. The fraction of sp³-hybridized carbons (Fsp3) is 0.357. The van der Waals surface area contributed by atoms with Crippen LogP contribution in [0.2, 0.25) is 0 Å². The summed E-state index contributed by atoms with van der Waals surface area (Å²) in [5.41, 5.74) is 0.718. The predicted octanol–water partition coefficient (Wildman–Crippen LogP) is -1.02. The number of quaternary nitrogens is 1. The van der Waals surface area contributed by atoms with Crippen LogP contribution in [0.4, 0.5) is 5.69 Å². The van der Waals surface area contributed by atoms with Gasteiger partial charge in [0.15, 0.2) is 0 Å². The quantitative estimate of drug-likeness (QED) is 0.663. The summed E-state index contributed by atoms with van der Waals surface area (Å²) in [5.74, 6) is -1.71. The zero-order valence-corrected chi connectivity index (χ0v) is 11.3. The van der Waals surface area contributed by atoms with Gasteiger partial charge < -0.3 is 20.5 Å². The lowest BCUT2D eigenvalue weighted by molar-refractivity contribution is -0.682. The highest BCUT2D eigenvalue weighted by Crippen LogP contribution is 2.13. The van der Waals surface area contributed by atoms with Crippen LogP contribution < -0.4 is 15.7 Å². The normalized spacial score (nSPS) is 11.4. The summed E-state index contributed by atoms with van der Waals surface area (Å²) >= 11 is 0. The molecule has 1 rings (SSSR count). The van der Waals surface area contributed by atoms with Crippen LogP contribution in [0.15, 0.2) is 24.3 Å². The van der Waals surface area contributed by atoms with E-state index >= 15 is 0 Å². The molecular formula is C14H17N3O3. The van der Waals surface area contributed by atoms with Gasteiger partial charge in [0.2, 0.25) is 5.91 Å². The van der Waals surface area contributed by atoms with Gasteiger partial charge in [0.25, 0.3) is 0 Å². The van der Waals surface area contributed by atoms with Crippen LogP contribution in [0.1, 0.15) is 25.3 Å². The molecule has 20 heavy (non-hydrogen) atoms. The van der Waals surface area contributed by atoms with Crippen molar-refractivity contribution >= 4 is 17.6 Å². The molecule has 0 aliphatic rings. The Morgan fingerprint density at radius 1 is 1.45 bits per heavy atom. The Labute approximate surface area is 117 Å². The van der Waals surface area contributed by atoms with Gasteiger partial charge in [0.1, 0.15) is 12.1 Å². The van der Waals surface area contributed by atoms with Crippen molar-refractivity contribution in [3.63, 3.8) is 0 Å². The highest BCUT2D eigenvalue weighted by molar-refractivity contribution is 5.94. The van der Waals surface area contributed by atoms with Crippen LogP contribution in [0, 0.1) is 11.3 Å². The first-order chi connectivity index (χ1) is 9.58. The van der Waals surface area contributed by atoms with Crippen molar-refractivity contribution in [2.45, 2.75) is 25.8 Å². The first-order valence-corrected chi connectivity index (χ1v) is 6.41. The summed E-state index contributed by atoms with van der Waals surface area (Å²) in [6.07, 6.45) is 0.616. The fourth-order valence-corrected chi connectivity index (χ4v) is 1.72. The second kappa shape index (κ2) is 7.92. The maximum absolute atomic E-state index is 11.8. The number of aliphatic carboxylic acids is 1. The number of para-hydroxylation sites is 1. The second-order valence-corrected chi connectivity index (χ2v) is 4.36. The molecule has 0 aliphatic carbocycles. The Kier molecular flexibility index (Phi) is 6.20. The number of amides is 1. The first-order valence-electron chi connectivity index (χ1n) is 6.41. The number of nitriles is 1. The Bertz CT molecular complexity index is 523. The van der Waals surface area contributed by atoms with Gasteiger partial charge in [-0.1, -0.05) is 19.1 Å². The van der Waals surface area contributed by atoms with Gasteiger partial charge >= 0.3 is 0 Å². The molecule has 106 valence electrons. The molecular weight excluding hydrogens is 258 g/mol. The van der Waals surface area contributed by atoms with E-state index in [1.165, 1.54) is 0 Å². The van der Waals surface area contributed by atoms with Crippen LogP contribution in [0.5, 0.6) is 0 Å². The van der Waals surface area contributed by atoms with Gasteiger partial charge in [-0.2, -0.15) is 5.26 Å². The molecule has 1 amide bonds. The van der Waals surface area contributed by atoms with E-state index in [9.17, 15) is 14.7 Å². The van der Waals surface area contributed by atoms with Gasteiger partial charge in [-0.25, -0.2) is 0 Å². The molecule has 0 unspecified atom stereocenters. The molecule has 6 heteroatoms. The summed E-state index contributed by atoms with van der Waals surface area (Å²) in [6, 6.07) is 7.60. The average molecular weight is 275 g/mol. The molecule has 0 bridgehead atoms. The van der Waals surface area contributed by atoms with Crippen molar-refractivity contribution in [1.29, 1.82) is 5.26 Å². The lowest BCUT2D eigenvalue weighted by Gasteiger charge is -2.16. The predicted molar refractivity (Wildman–Crippen MR) is 70.3 cm³/mol. The van der Waals surface area contributed by atoms with Gasteiger partial charge in [-0.05, 0) is 18.6 Å². The topological polar surface area (TPSA) is 110 Å². The summed E-state index contributed by atoms with van der Waals surface area (Å²) in [6.45, 7) is 2.53. The van der Waals surface area contributed by atoms with Crippen molar-refractivity contribution in [2.75, 3.05) is 11.9 Å². The number of nitrogens with one attached hydrogen (secondary N) is 1. The van der Waals surface area contributed by atoms with Crippen molar-refractivity contribution in [1.82, 2.24) is 0 Å². The smallest absolute Gasteiger partial charge is 0.230 e. The number of nitrogens with zero attached hydrogens (tertiary/aromatic N) is 1. The van der Waals surface area contributed by atoms with E-state index in [-0.39, 0.29) is 6.42 Å². The van der Waals surface area contributed by atoms with E-state index in [2.05, 4.69) is 5.32 Å². The molecule has 6 nitrogen and oxygen atoms in total. The maximum atomic E-state index is 11.8. The van der Waals surface area contributed by atoms with Crippen LogP contribution in [0.25, 0.3) is 0 Å². The Morgan fingerprint density at radius 2 is 2.15 bits per heavy atom. The summed E-state index contributed by atoms with van der Waals surface area (Å²) < 4.78 is 0. The zero-order valence-electron chi connectivity index (χ0n) is 11.3. The van der Waals surface area contributed by atoms with E-state index in [0.29, 0.717) is 17.8 Å². The summed E-state index contributed by atoms with van der Waals surface area (Å²) in [4.78, 5) is 22.8. The third-order valence-electron chi connectivity index (χ3n) is 2.77. The molecule has 0 radical (unpaired) electrons. The molecule has 0 saturated heterocycles. The van der Waals surface area contributed by atoms with Crippen LogP contribution in [0.3, 0.4) is 0 Å². The molecule has 1 atom stereocenters. The molecule has 1 aromatic carbocycles. The Hall–Kier alpha value is -2.39. The number of carboxylic acids is 1. The van der Waals surface area contributed by atoms with E-state index in [1.807, 2.05) is 13.0 Å². The molecule has 0 aromatic heterocycles. The molecule has 0 fully saturated rings. The standard InChI is InChI=1S/C14H17N3O3/c1-2-7-16-12(14(19)20)8-13(18)17-11-6-4-3-5-10(11)9-15/h3-6,12,16H,2,7-8H2,1H3,(H,17,18)(H,19,20)/t12-/m1/s1. The molecule has 1 aromatic rings. The minimum Gasteiger partial charge on any atom is -0.544 e. The highest BCUT2D eigenvalue weighted by atomic mass is 16.4. The van der Waals surface area contributed by atoms with Crippen LogP contribution >= 0.6 is 0 Å². The van der Waals surface area contributed by atoms with Crippen LogP contribution in [-0.4, -0.2) is 24.5 Å². The number of carboxylic acid groups (broad SMARTS) is 1. The van der Waals surface area contributed by atoms with E-state index in [4.69, 9.17) is 5.26 Å². The SMILES string of the molecule is CCC[NH2+][C@H](CC(=O)Nc1ccccc1C#N)C(=O)[O-]. The van der Waals surface area contributed by atoms with Crippen molar-refractivity contribution in [2.24, 2.45) is 0 Å². The second-order valence-electron chi connectivity index (χ2n) is 4.36. The number of carbonyl (C=O) groups is 2. The molecule has 0 heterocycles. The minimum absolute atomic E-state index is 0.192. The number of benzene rings is 1. The maximum Gasteiger partial charge on any atom is 0.230 e. The van der Waals surface area contributed by atoms with E-state index in [0.717, 1.165) is 6.42 Å². The zero-order chi connectivity index (χ0) is 15.0. The third kappa shape index (κ3) is 4.71. The number of hydrogen-bond acceptors (Lipinski definition) is 4. The molecule has 0 saturated carbocycles. The number of carbonyl (C=O) groups excluding carboxylic acids is 2. The number of anilines is 1. The molecule has 3 N–H and O–H groups in total. The van der Waals surface area contributed by atoms with Crippen molar-refractivity contribution in [3.05, 3.63) is 29.8 Å². The number of hydrogen-bond donors (Lipinski definition) is 2. The number of rotatable bonds is 7. The summed E-state index contributed by atoms with van der Waals surface area (Å²) in [7, 11) is 0. The Balaban J connectivity index is 2.66. The fourth-order valence-electron chi connectivity index (χ4n) is 1.72. The van der Waals surface area contributed by atoms with Crippen LogP contribution in [-0.2, 0) is 9.59 Å². The van der Waals surface area contributed by atoms with Gasteiger partial charge in [-0.3, -0.25) is 4.79 Å². The highest BCUT2D eigenvalue weighted by Gasteiger charge is 2.18. The summed E-state index contributed by atoms with van der Waals surface area (Å²) in [5, 5.41) is 24.0. The third-order valence-corrected chi connectivity index (χ3v) is 2.77. The first kappa shape index (κ1) is 15.7.